The Bertz CT molecular complexity index is 322. The first-order chi connectivity index (χ1) is 6.74. The summed E-state index contributed by atoms with van der Waals surface area (Å²) in [4.78, 5) is 11.0. The molecule has 0 aliphatic heterocycles. The van der Waals surface area contributed by atoms with Crippen LogP contribution >= 0.6 is 0 Å². The molecule has 84 valence electrons. The Balaban J connectivity index is 2.32. The van der Waals surface area contributed by atoms with Gasteiger partial charge in [0, 0.05) is 0 Å². The number of allylic oxidation sites excluding steroid dienone is 2. The van der Waals surface area contributed by atoms with E-state index in [1.54, 1.807) is 0 Å². The normalized spacial score (nSPS) is 28.3. The summed E-state index contributed by atoms with van der Waals surface area (Å²) in [6, 6.07) is 0. The molecule has 0 aromatic rings. The number of aliphatic carboxylic acids is 1. The second-order valence-corrected chi connectivity index (χ2v) is 6.35. The molecule has 0 saturated heterocycles. The van der Waals surface area contributed by atoms with E-state index in [2.05, 4.69) is 27.7 Å². The first-order valence-electron chi connectivity index (χ1n) is 5.70. The Kier molecular flexibility index (Phi) is 2.05. The fourth-order valence-corrected chi connectivity index (χ4v) is 3.67. The van der Waals surface area contributed by atoms with Gasteiger partial charge in [0.25, 0.3) is 0 Å². The van der Waals surface area contributed by atoms with Gasteiger partial charge >= 0.3 is 5.97 Å². The van der Waals surface area contributed by atoms with E-state index in [0.29, 0.717) is 0 Å². The van der Waals surface area contributed by atoms with Crippen molar-refractivity contribution in [3.63, 3.8) is 0 Å². The highest BCUT2D eigenvalue weighted by Gasteiger charge is 2.48. The maximum atomic E-state index is 11.0. The van der Waals surface area contributed by atoms with Crippen molar-refractivity contribution in [2.45, 2.75) is 47.0 Å². The fraction of sp³-hybridized carbons (Fsp3) is 0.769. The van der Waals surface area contributed by atoms with E-state index in [4.69, 9.17) is 5.11 Å². The van der Waals surface area contributed by atoms with Crippen molar-refractivity contribution in [2.24, 2.45) is 16.7 Å². The molecule has 2 rings (SSSR count). The van der Waals surface area contributed by atoms with Crippen LogP contribution in [0, 0.1) is 16.7 Å². The minimum Gasteiger partial charge on any atom is -0.481 e. The monoisotopic (exact) mass is 208 g/mol. The van der Waals surface area contributed by atoms with Crippen LogP contribution in [0.4, 0.5) is 0 Å². The van der Waals surface area contributed by atoms with Crippen molar-refractivity contribution >= 4 is 5.97 Å². The van der Waals surface area contributed by atoms with Crippen molar-refractivity contribution in [1.82, 2.24) is 0 Å². The molecule has 0 amide bonds. The van der Waals surface area contributed by atoms with Gasteiger partial charge in [-0.25, -0.2) is 0 Å². The summed E-state index contributed by atoms with van der Waals surface area (Å²) in [5.41, 5.74) is 3.28. The number of hydrogen-bond donors (Lipinski definition) is 1. The summed E-state index contributed by atoms with van der Waals surface area (Å²) >= 11 is 0. The van der Waals surface area contributed by atoms with Crippen molar-refractivity contribution in [2.75, 3.05) is 0 Å². The molecule has 0 bridgehead atoms. The van der Waals surface area contributed by atoms with E-state index in [9.17, 15) is 4.79 Å². The Hall–Kier alpha value is -0.790. The highest BCUT2D eigenvalue weighted by Crippen LogP contribution is 2.59. The lowest BCUT2D eigenvalue weighted by Crippen LogP contribution is -2.21. The third-order valence-corrected chi connectivity index (χ3v) is 4.13. The molecule has 0 spiro atoms. The van der Waals surface area contributed by atoms with Gasteiger partial charge in [0.1, 0.15) is 0 Å². The SMILES string of the molecule is CC1(C)CC(C)(C)C2=C1CC(C(=O)O)C2. The van der Waals surface area contributed by atoms with Gasteiger partial charge in [-0.3, -0.25) is 4.79 Å². The molecule has 0 heterocycles. The van der Waals surface area contributed by atoms with E-state index in [-0.39, 0.29) is 16.7 Å². The maximum absolute atomic E-state index is 11.0. The summed E-state index contributed by atoms with van der Waals surface area (Å²) in [5, 5.41) is 9.08. The third kappa shape index (κ3) is 1.51. The zero-order valence-corrected chi connectivity index (χ0v) is 10.1. The number of hydrogen-bond acceptors (Lipinski definition) is 1. The van der Waals surface area contributed by atoms with Gasteiger partial charge in [-0.1, -0.05) is 38.8 Å². The molecule has 0 atom stereocenters. The van der Waals surface area contributed by atoms with Crippen LogP contribution in [0.25, 0.3) is 0 Å². The average molecular weight is 208 g/mol. The van der Waals surface area contributed by atoms with E-state index < -0.39 is 5.97 Å². The smallest absolute Gasteiger partial charge is 0.307 e. The molecule has 2 nitrogen and oxygen atoms in total. The van der Waals surface area contributed by atoms with Gasteiger partial charge in [0.05, 0.1) is 5.92 Å². The van der Waals surface area contributed by atoms with Gasteiger partial charge in [0.15, 0.2) is 0 Å². The molecule has 0 fully saturated rings. The Labute approximate surface area is 91.4 Å². The van der Waals surface area contributed by atoms with Crippen molar-refractivity contribution < 1.29 is 9.90 Å². The van der Waals surface area contributed by atoms with Gasteiger partial charge in [0.2, 0.25) is 0 Å². The van der Waals surface area contributed by atoms with Crippen molar-refractivity contribution in [1.29, 1.82) is 0 Å². The fourth-order valence-electron chi connectivity index (χ4n) is 3.67. The second-order valence-electron chi connectivity index (χ2n) is 6.35. The Morgan fingerprint density at radius 2 is 1.53 bits per heavy atom. The summed E-state index contributed by atoms with van der Waals surface area (Å²) in [7, 11) is 0. The lowest BCUT2D eigenvalue weighted by molar-refractivity contribution is -0.141. The molecule has 2 heteroatoms. The predicted molar refractivity (Wildman–Crippen MR) is 59.6 cm³/mol. The highest BCUT2D eigenvalue weighted by molar-refractivity contribution is 5.72. The largest absolute Gasteiger partial charge is 0.481 e. The maximum Gasteiger partial charge on any atom is 0.307 e. The minimum atomic E-state index is -0.629. The Morgan fingerprint density at radius 1 is 1.13 bits per heavy atom. The number of rotatable bonds is 1. The quantitative estimate of drug-likeness (QED) is 0.672. The molecule has 0 saturated carbocycles. The summed E-state index contributed by atoms with van der Waals surface area (Å²) in [6.07, 6.45) is 2.72. The lowest BCUT2D eigenvalue weighted by atomic mass is 9.76. The van der Waals surface area contributed by atoms with Crippen LogP contribution < -0.4 is 0 Å². The van der Waals surface area contributed by atoms with Crippen LogP contribution in [0.5, 0.6) is 0 Å². The molecule has 0 aromatic heterocycles. The van der Waals surface area contributed by atoms with Crippen molar-refractivity contribution in [3.8, 4) is 0 Å². The average Bonchev–Trinajstić information content (AvgIpc) is 2.50. The molecule has 1 N–H and O–H groups in total. The molecular formula is C13H20O2. The van der Waals surface area contributed by atoms with Crippen molar-refractivity contribution in [3.05, 3.63) is 11.1 Å². The molecule has 0 radical (unpaired) electrons. The summed E-state index contributed by atoms with van der Waals surface area (Å²) in [6.45, 7) is 9.01. The number of carboxylic acids is 1. The summed E-state index contributed by atoms with van der Waals surface area (Å²) in [5.74, 6) is -0.787. The summed E-state index contributed by atoms with van der Waals surface area (Å²) < 4.78 is 0. The third-order valence-electron chi connectivity index (χ3n) is 4.13. The van der Waals surface area contributed by atoms with Crippen LogP contribution in [-0.2, 0) is 4.79 Å². The zero-order valence-electron chi connectivity index (χ0n) is 10.1. The first-order valence-corrected chi connectivity index (χ1v) is 5.70. The van der Waals surface area contributed by atoms with Crippen LogP contribution in [0.1, 0.15) is 47.0 Å². The van der Waals surface area contributed by atoms with E-state index in [1.807, 2.05) is 0 Å². The van der Waals surface area contributed by atoms with Crippen LogP contribution in [-0.4, -0.2) is 11.1 Å². The lowest BCUT2D eigenvalue weighted by Gasteiger charge is -2.28. The molecule has 2 aliphatic rings. The molecule has 0 unspecified atom stereocenters. The second kappa shape index (κ2) is 2.87. The van der Waals surface area contributed by atoms with Crippen LogP contribution in [0.15, 0.2) is 11.1 Å². The van der Waals surface area contributed by atoms with E-state index >= 15 is 0 Å². The van der Waals surface area contributed by atoms with Gasteiger partial charge < -0.3 is 5.11 Å². The first kappa shape index (κ1) is 10.7. The zero-order chi connectivity index (χ0) is 11.4. The van der Waals surface area contributed by atoms with Crippen LogP contribution in [0.3, 0.4) is 0 Å². The van der Waals surface area contributed by atoms with E-state index in [1.165, 1.54) is 11.1 Å². The van der Waals surface area contributed by atoms with Gasteiger partial charge in [-0.15, -0.1) is 0 Å². The van der Waals surface area contributed by atoms with Gasteiger partial charge in [-0.2, -0.15) is 0 Å². The topological polar surface area (TPSA) is 37.3 Å². The molecule has 2 aliphatic carbocycles. The van der Waals surface area contributed by atoms with E-state index in [0.717, 1.165) is 19.3 Å². The standard InChI is InChI=1S/C13H20O2/c1-12(2)7-13(3,4)10-6-8(11(14)15)5-9(10)12/h8H,5-7H2,1-4H3,(H,14,15). The molecule has 15 heavy (non-hydrogen) atoms. The number of carbonyl (C=O) groups is 1. The predicted octanol–water partition coefficient (Wildman–Crippen LogP) is 3.23. The number of carboxylic acid groups (broad SMARTS) is 1. The Morgan fingerprint density at radius 3 is 1.87 bits per heavy atom. The minimum absolute atomic E-state index is 0.158. The molecule has 0 aromatic carbocycles. The molecular weight excluding hydrogens is 188 g/mol. The highest BCUT2D eigenvalue weighted by atomic mass is 16.4. The van der Waals surface area contributed by atoms with Gasteiger partial charge in [-0.05, 0) is 30.1 Å². The van der Waals surface area contributed by atoms with Crippen LogP contribution in [0.2, 0.25) is 0 Å².